The first-order chi connectivity index (χ1) is 8.13. The van der Waals surface area contributed by atoms with E-state index < -0.39 is 0 Å². The van der Waals surface area contributed by atoms with Crippen LogP contribution in [0.25, 0.3) is 0 Å². The molecule has 0 N–H and O–H groups in total. The van der Waals surface area contributed by atoms with Crippen LogP contribution in [0.5, 0.6) is 0 Å². The van der Waals surface area contributed by atoms with Gasteiger partial charge in [-0.3, -0.25) is 0 Å². The number of nitrogens with zero attached hydrogens (tertiary/aromatic N) is 1. The lowest BCUT2D eigenvalue weighted by molar-refractivity contribution is 0.491. The molecule has 1 saturated heterocycles. The van der Waals surface area contributed by atoms with Gasteiger partial charge in [0.15, 0.2) is 0 Å². The summed E-state index contributed by atoms with van der Waals surface area (Å²) in [5.74, 6) is 1.32. The van der Waals surface area contributed by atoms with Gasteiger partial charge in [-0.1, -0.05) is 31.5 Å². The second-order valence-corrected chi connectivity index (χ2v) is 5.68. The molecule has 0 aromatic heterocycles. The number of rotatable bonds is 3. The normalized spacial score (nSPS) is 20.3. The van der Waals surface area contributed by atoms with Crippen LogP contribution in [-0.4, -0.2) is 12.6 Å². The Morgan fingerprint density at radius 2 is 2.18 bits per heavy atom. The van der Waals surface area contributed by atoms with Crippen LogP contribution in [0.4, 0.5) is 5.69 Å². The molecule has 0 saturated carbocycles. The zero-order valence-electron chi connectivity index (χ0n) is 11.0. The van der Waals surface area contributed by atoms with E-state index in [-0.39, 0.29) is 0 Å². The molecule has 1 nitrogen and oxygen atoms in total. The van der Waals surface area contributed by atoms with Gasteiger partial charge in [0.2, 0.25) is 0 Å². The molecule has 1 atom stereocenters. The Morgan fingerprint density at radius 3 is 2.82 bits per heavy atom. The van der Waals surface area contributed by atoms with Gasteiger partial charge in [0.1, 0.15) is 0 Å². The van der Waals surface area contributed by atoms with E-state index in [9.17, 15) is 0 Å². The van der Waals surface area contributed by atoms with Gasteiger partial charge in [0.25, 0.3) is 0 Å². The first kappa shape index (κ1) is 12.8. The van der Waals surface area contributed by atoms with E-state index in [4.69, 9.17) is 11.6 Å². The molecule has 1 aromatic rings. The van der Waals surface area contributed by atoms with Crippen LogP contribution in [0, 0.1) is 12.8 Å². The maximum absolute atomic E-state index is 6.08. The van der Waals surface area contributed by atoms with Gasteiger partial charge < -0.3 is 4.90 Å². The summed E-state index contributed by atoms with van der Waals surface area (Å²) in [4.78, 5) is 2.56. The van der Waals surface area contributed by atoms with Crippen molar-refractivity contribution < 1.29 is 0 Å². The molecule has 1 aliphatic rings. The molecule has 17 heavy (non-hydrogen) atoms. The van der Waals surface area contributed by atoms with Crippen LogP contribution in [0.2, 0.25) is 0 Å². The van der Waals surface area contributed by atoms with Crippen molar-refractivity contribution >= 4 is 17.3 Å². The average Bonchev–Trinajstić information content (AvgIpc) is 2.77. The summed E-state index contributed by atoms with van der Waals surface area (Å²) < 4.78 is 0. The number of hydrogen-bond acceptors (Lipinski definition) is 1. The molecule has 2 rings (SSSR count). The van der Waals surface area contributed by atoms with Gasteiger partial charge in [0.05, 0.1) is 0 Å². The molecule has 0 radical (unpaired) electrons. The van der Waals surface area contributed by atoms with Gasteiger partial charge in [-0.15, -0.1) is 11.6 Å². The molecule has 2 heteroatoms. The van der Waals surface area contributed by atoms with Crippen molar-refractivity contribution in [1.82, 2.24) is 0 Å². The van der Waals surface area contributed by atoms with Crippen molar-refractivity contribution in [3.63, 3.8) is 0 Å². The lowest BCUT2D eigenvalue weighted by Gasteiger charge is -2.31. The van der Waals surface area contributed by atoms with E-state index in [2.05, 4.69) is 43.9 Å². The van der Waals surface area contributed by atoms with Crippen LogP contribution in [0.3, 0.4) is 0 Å². The van der Waals surface area contributed by atoms with Gasteiger partial charge >= 0.3 is 0 Å². The van der Waals surface area contributed by atoms with E-state index in [1.807, 2.05) is 0 Å². The monoisotopic (exact) mass is 251 g/mol. The van der Waals surface area contributed by atoms with Crippen LogP contribution in [-0.2, 0) is 5.88 Å². The second-order valence-electron chi connectivity index (χ2n) is 5.41. The maximum Gasteiger partial charge on any atom is 0.0494 e. The van der Waals surface area contributed by atoms with Crippen molar-refractivity contribution in [3.8, 4) is 0 Å². The fourth-order valence-corrected chi connectivity index (χ4v) is 3.10. The number of aryl methyl sites for hydroxylation is 1. The Balaban J connectivity index is 2.32. The van der Waals surface area contributed by atoms with E-state index >= 15 is 0 Å². The largest absolute Gasteiger partial charge is 0.368 e. The van der Waals surface area contributed by atoms with Crippen LogP contribution < -0.4 is 4.90 Å². The number of alkyl halides is 1. The predicted molar refractivity (Wildman–Crippen MR) is 75.9 cm³/mol. The van der Waals surface area contributed by atoms with Crippen LogP contribution >= 0.6 is 11.6 Å². The number of hydrogen-bond donors (Lipinski definition) is 0. The van der Waals surface area contributed by atoms with Gasteiger partial charge in [-0.25, -0.2) is 0 Å². The minimum Gasteiger partial charge on any atom is -0.368 e. The molecule has 1 heterocycles. The van der Waals surface area contributed by atoms with E-state index in [0.29, 0.717) is 17.8 Å². The van der Waals surface area contributed by atoms with Crippen molar-refractivity contribution in [2.24, 2.45) is 5.92 Å². The molecule has 0 amide bonds. The lowest BCUT2D eigenvalue weighted by atomic mass is 10.0. The Hall–Kier alpha value is -0.690. The SMILES string of the molecule is Cc1ccc(N2CCCC2C(C)C)c(CCl)c1. The fourth-order valence-electron chi connectivity index (χ4n) is 2.89. The van der Waals surface area contributed by atoms with E-state index in [0.717, 1.165) is 0 Å². The molecule has 1 fully saturated rings. The van der Waals surface area contributed by atoms with E-state index in [1.54, 1.807) is 0 Å². The summed E-state index contributed by atoms with van der Waals surface area (Å²) >= 11 is 6.08. The standard InChI is InChI=1S/C15H22ClN/c1-11(2)14-5-4-8-17(14)15-7-6-12(3)9-13(15)10-16/h6-7,9,11,14H,4-5,8,10H2,1-3H3. The molecular formula is C15H22ClN. The minimum atomic E-state index is 0.609. The second kappa shape index (κ2) is 5.30. The molecule has 1 aliphatic heterocycles. The number of benzene rings is 1. The van der Waals surface area contributed by atoms with Crippen LogP contribution in [0.15, 0.2) is 18.2 Å². The molecule has 1 aromatic carbocycles. The minimum absolute atomic E-state index is 0.609. The summed E-state index contributed by atoms with van der Waals surface area (Å²) in [6.45, 7) is 7.94. The van der Waals surface area contributed by atoms with Crippen molar-refractivity contribution in [1.29, 1.82) is 0 Å². The number of halogens is 1. The highest BCUT2D eigenvalue weighted by Gasteiger charge is 2.28. The zero-order chi connectivity index (χ0) is 12.4. The maximum atomic E-state index is 6.08. The van der Waals surface area contributed by atoms with Crippen molar-refractivity contribution in [3.05, 3.63) is 29.3 Å². The van der Waals surface area contributed by atoms with Gasteiger partial charge in [0, 0.05) is 24.2 Å². The first-order valence-corrected chi connectivity index (χ1v) is 7.09. The lowest BCUT2D eigenvalue weighted by Crippen LogP contribution is -2.33. The van der Waals surface area contributed by atoms with Crippen LogP contribution in [0.1, 0.15) is 37.8 Å². The number of anilines is 1. The smallest absolute Gasteiger partial charge is 0.0494 e. The molecule has 0 aliphatic carbocycles. The highest BCUT2D eigenvalue weighted by molar-refractivity contribution is 6.17. The summed E-state index contributed by atoms with van der Waals surface area (Å²) in [5, 5.41) is 0. The van der Waals surface area contributed by atoms with Crippen molar-refractivity contribution in [2.45, 2.75) is 45.5 Å². The third kappa shape index (κ3) is 2.60. The quantitative estimate of drug-likeness (QED) is 0.722. The summed E-state index contributed by atoms with van der Waals surface area (Å²) in [6, 6.07) is 7.34. The summed E-state index contributed by atoms with van der Waals surface area (Å²) in [7, 11) is 0. The molecule has 1 unspecified atom stereocenters. The Morgan fingerprint density at radius 1 is 1.41 bits per heavy atom. The molecule has 0 spiro atoms. The zero-order valence-corrected chi connectivity index (χ0v) is 11.8. The van der Waals surface area contributed by atoms with Gasteiger partial charge in [-0.2, -0.15) is 0 Å². The predicted octanol–water partition coefficient (Wildman–Crippen LogP) is 4.36. The molecular weight excluding hydrogens is 230 g/mol. The highest BCUT2D eigenvalue weighted by Crippen LogP contribution is 2.33. The molecule has 94 valence electrons. The summed E-state index contributed by atoms with van der Waals surface area (Å²) in [6.07, 6.45) is 2.62. The van der Waals surface area contributed by atoms with Crippen molar-refractivity contribution in [2.75, 3.05) is 11.4 Å². The third-order valence-corrected chi connectivity index (χ3v) is 4.05. The Bertz CT molecular complexity index is 387. The van der Waals surface area contributed by atoms with E-state index in [1.165, 1.54) is 36.2 Å². The first-order valence-electron chi connectivity index (χ1n) is 6.55. The topological polar surface area (TPSA) is 3.24 Å². The summed E-state index contributed by atoms with van der Waals surface area (Å²) in [5.41, 5.74) is 3.92. The Labute approximate surface area is 110 Å². The molecule has 0 bridgehead atoms. The average molecular weight is 252 g/mol. The fraction of sp³-hybridized carbons (Fsp3) is 0.600. The third-order valence-electron chi connectivity index (χ3n) is 3.76. The highest BCUT2D eigenvalue weighted by atomic mass is 35.5. The van der Waals surface area contributed by atoms with Gasteiger partial charge in [-0.05, 0) is 37.3 Å². The Kier molecular flexibility index (Phi) is 3.98.